The van der Waals surface area contributed by atoms with E-state index in [0.717, 1.165) is 29.3 Å². The molecule has 11 nitrogen and oxygen atoms in total. The number of nitrogens with one attached hydrogen (secondary N) is 1. The van der Waals surface area contributed by atoms with Crippen molar-refractivity contribution in [2.24, 2.45) is 11.3 Å². The topological polar surface area (TPSA) is 127 Å². The Morgan fingerprint density at radius 3 is 2.56 bits per heavy atom. The number of fused-ring (bicyclic) bond motifs is 1. The molecule has 2 aliphatic heterocycles. The number of rotatable bonds is 15. The fourth-order valence-electron chi connectivity index (χ4n) is 6.04. The minimum absolute atomic E-state index is 0.0364. The zero-order valence-corrected chi connectivity index (χ0v) is 28.1. The number of sulfonamides is 1. The summed E-state index contributed by atoms with van der Waals surface area (Å²) in [5.41, 5.74) is 1.34. The van der Waals surface area contributed by atoms with Gasteiger partial charge in [-0.05, 0) is 88.0 Å². The molecular formula is C33H49N3O8S. The molecule has 0 spiro atoms. The molecule has 0 bridgehead atoms. The van der Waals surface area contributed by atoms with Crippen molar-refractivity contribution in [1.82, 2.24) is 14.5 Å². The van der Waals surface area contributed by atoms with Gasteiger partial charge < -0.3 is 34.3 Å². The molecule has 5 atom stereocenters. The van der Waals surface area contributed by atoms with Crippen molar-refractivity contribution in [1.29, 1.82) is 0 Å². The molecule has 0 aromatic heterocycles. The van der Waals surface area contributed by atoms with E-state index in [4.69, 9.17) is 18.9 Å². The van der Waals surface area contributed by atoms with Gasteiger partial charge in [0.2, 0.25) is 10.0 Å². The number of carbonyl (C=O) groups is 1. The second-order valence-corrected chi connectivity index (χ2v) is 14.9. The molecule has 1 amide bonds. The molecule has 0 unspecified atom stereocenters. The summed E-state index contributed by atoms with van der Waals surface area (Å²) in [5, 5.41) is 13.5. The maximum Gasteiger partial charge on any atom is 0.408 e. The van der Waals surface area contributed by atoms with Crippen molar-refractivity contribution in [3.8, 4) is 5.75 Å². The molecule has 2 fully saturated rings. The standard InChI is InChI=1S/C33H49N3O8S/c1-23(37)30(34-32(38)44-29-22-43-31-27(29)15-18-42-31)36(21-24-11-8-7-9-12-24)45(39,40)26-13-14-28(41-6)25(19-26)20-33(2,3)16-10-17-35(4)5/h7-9,11-14,19,23,27,29-31,37H,10,15-18,20-22H2,1-6H3,(H,34,38)/t23-,27-,29-,30+,31+/m1/s1. The van der Waals surface area contributed by atoms with Crippen LogP contribution in [0.1, 0.15) is 51.2 Å². The van der Waals surface area contributed by atoms with Gasteiger partial charge in [-0.3, -0.25) is 0 Å². The van der Waals surface area contributed by atoms with Gasteiger partial charge in [0, 0.05) is 6.54 Å². The van der Waals surface area contributed by atoms with Gasteiger partial charge in [-0.25, -0.2) is 13.2 Å². The lowest BCUT2D eigenvalue weighted by Gasteiger charge is -2.34. The van der Waals surface area contributed by atoms with Gasteiger partial charge in [-0.2, -0.15) is 4.31 Å². The minimum Gasteiger partial charge on any atom is -0.496 e. The number of aliphatic hydroxyl groups excluding tert-OH is 1. The predicted molar refractivity (Wildman–Crippen MR) is 170 cm³/mol. The average molecular weight is 648 g/mol. The summed E-state index contributed by atoms with van der Waals surface area (Å²) in [7, 11) is 1.40. The molecule has 4 rings (SSSR count). The fourth-order valence-corrected chi connectivity index (χ4v) is 7.68. The van der Waals surface area contributed by atoms with Crippen LogP contribution in [-0.4, -0.2) is 94.5 Å². The SMILES string of the molecule is COc1ccc(S(=O)(=O)N(Cc2ccccc2)[C@H](NC(=O)O[C@@H]2CO[C@@H]3OCC[C@@H]32)[C@@H](C)O)cc1CC(C)(C)CCCN(C)C. The van der Waals surface area contributed by atoms with Crippen LogP contribution in [0.15, 0.2) is 53.4 Å². The molecule has 0 aliphatic carbocycles. The Morgan fingerprint density at radius 1 is 1.16 bits per heavy atom. The van der Waals surface area contributed by atoms with Crippen molar-refractivity contribution in [3.63, 3.8) is 0 Å². The number of aliphatic hydroxyl groups is 1. The van der Waals surface area contributed by atoms with E-state index < -0.39 is 40.8 Å². The van der Waals surface area contributed by atoms with E-state index in [2.05, 4.69) is 24.1 Å². The van der Waals surface area contributed by atoms with Gasteiger partial charge in [0.25, 0.3) is 0 Å². The molecule has 2 aromatic rings. The Hall–Kier alpha value is -2.74. The van der Waals surface area contributed by atoms with Gasteiger partial charge in [0.15, 0.2) is 6.29 Å². The lowest BCUT2D eigenvalue weighted by molar-refractivity contribution is -0.0907. The van der Waals surface area contributed by atoms with Crippen molar-refractivity contribution in [2.75, 3.05) is 41.0 Å². The van der Waals surface area contributed by atoms with E-state index in [9.17, 15) is 18.3 Å². The van der Waals surface area contributed by atoms with Crippen LogP contribution in [0.4, 0.5) is 4.79 Å². The van der Waals surface area contributed by atoms with Crippen molar-refractivity contribution in [3.05, 3.63) is 59.7 Å². The smallest absolute Gasteiger partial charge is 0.408 e. The van der Waals surface area contributed by atoms with E-state index in [1.165, 1.54) is 13.0 Å². The maximum atomic E-state index is 14.5. The summed E-state index contributed by atoms with van der Waals surface area (Å²) in [5.74, 6) is 0.515. The largest absolute Gasteiger partial charge is 0.496 e. The molecular weight excluding hydrogens is 598 g/mol. The van der Waals surface area contributed by atoms with Crippen molar-refractivity contribution >= 4 is 16.1 Å². The second kappa shape index (κ2) is 15.2. The Bertz CT molecular complexity index is 1370. The Labute approximate surface area is 267 Å². The van der Waals surface area contributed by atoms with Crippen LogP contribution in [0.2, 0.25) is 0 Å². The zero-order chi connectivity index (χ0) is 32.8. The third-order valence-corrected chi connectivity index (χ3v) is 10.3. The quantitative estimate of drug-likeness (QED) is 0.276. The van der Waals surface area contributed by atoms with E-state index in [1.54, 1.807) is 31.4 Å². The highest BCUT2D eigenvalue weighted by Gasteiger charge is 2.44. The highest BCUT2D eigenvalue weighted by Crippen LogP contribution is 2.35. The molecule has 250 valence electrons. The molecule has 2 N–H and O–H groups in total. The second-order valence-electron chi connectivity index (χ2n) is 13.1. The van der Waals surface area contributed by atoms with E-state index >= 15 is 0 Å². The summed E-state index contributed by atoms with van der Waals surface area (Å²) in [6.07, 6.45) is -1.13. The highest BCUT2D eigenvalue weighted by molar-refractivity contribution is 7.89. The molecule has 2 heterocycles. The molecule has 2 saturated heterocycles. The van der Waals surface area contributed by atoms with Crippen LogP contribution in [0.3, 0.4) is 0 Å². The number of hydrogen-bond donors (Lipinski definition) is 2. The maximum absolute atomic E-state index is 14.5. The first-order valence-corrected chi connectivity index (χ1v) is 17.0. The van der Waals surface area contributed by atoms with Crippen LogP contribution in [-0.2, 0) is 37.2 Å². The lowest BCUT2D eigenvalue weighted by atomic mass is 9.81. The third-order valence-electron chi connectivity index (χ3n) is 8.44. The van der Waals surface area contributed by atoms with Gasteiger partial charge in [-0.15, -0.1) is 0 Å². The summed E-state index contributed by atoms with van der Waals surface area (Å²) >= 11 is 0. The van der Waals surface area contributed by atoms with Crippen molar-refractivity contribution < 1.29 is 37.3 Å². The van der Waals surface area contributed by atoms with E-state index in [-0.39, 0.29) is 29.4 Å². The van der Waals surface area contributed by atoms with Crippen LogP contribution in [0.25, 0.3) is 0 Å². The number of carbonyl (C=O) groups excluding carboxylic acids is 1. The first kappa shape index (κ1) is 35.1. The lowest BCUT2D eigenvalue weighted by Crippen LogP contribution is -2.56. The van der Waals surface area contributed by atoms with Gasteiger partial charge in [0.1, 0.15) is 18.0 Å². The van der Waals surface area contributed by atoms with E-state index in [1.807, 2.05) is 32.3 Å². The molecule has 2 aliphatic rings. The van der Waals surface area contributed by atoms with Crippen LogP contribution >= 0.6 is 0 Å². The minimum atomic E-state index is -4.27. The molecule has 0 radical (unpaired) electrons. The summed E-state index contributed by atoms with van der Waals surface area (Å²) in [6.45, 7) is 7.34. The Balaban J connectivity index is 1.63. The molecule has 2 aromatic carbocycles. The van der Waals surface area contributed by atoms with Gasteiger partial charge in [-0.1, -0.05) is 44.2 Å². The number of amides is 1. The average Bonchev–Trinajstić information content (AvgIpc) is 3.60. The first-order chi connectivity index (χ1) is 21.3. The summed E-state index contributed by atoms with van der Waals surface area (Å²) < 4.78 is 52.5. The highest BCUT2D eigenvalue weighted by atomic mass is 32.2. The van der Waals surface area contributed by atoms with Crippen LogP contribution in [0, 0.1) is 11.3 Å². The van der Waals surface area contributed by atoms with Crippen LogP contribution < -0.4 is 10.1 Å². The van der Waals surface area contributed by atoms with Gasteiger partial charge >= 0.3 is 6.09 Å². The van der Waals surface area contributed by atoms with Crippen molar-refractivity contribution in [2.45, 2.75) is 82.6 Å². The zero-order valence-electron chi connectivity index (χ0n) is 27.3. The number of methoxy groups -OCH3 is 1. The number of benzene rings is 2. The predicted octanol–water partition coefficient (Wildman–Crippen LogP) is 3.99. The monoisotopic (exact) mass is 647 g/mol. The van der Waals surface area contributed by atoms with Crippen LogP contribution in [0.5, 0.6) is 5.75 Å². The number of hydrogen-bond acceptors (Lipinski definition) is 9. The number of ether oxygens (including phenoxy) is 4. The summed E-state index contributed by atoms with van der Waals surface area (Å²) in [4.78, 5) is 15.3. The fraction of sp³-hybridized carbons (Fsp3) is 0.606. The Morgan fingerprint density at radius 2 is 1.89 bits per heavy atom. The normalized spacial score (nSPS) is 21.5. The number of alkyl carbamates (subject to hydrolysis) is 1. The third kappa shape index (κ3) is 9.17. The van der Waals surface area contributed by atoms with E-state index in [0.29, 0.717) is 30.8 Å². The Kier molecular flexibility index (Phi) is 11.9. The molecule has 12 heteroatoms. The molecule has 45 heavy (non-hydrogen) atoms. The summed E-state index contributed by atoms with van der Waals surface area (Å²) in [6, 6.07) is 13.9. The first-order valence-electron chi connectivity index (χ1n) is 15.6. The molecule has 0 saturated carbocycles. The number of nitrogens with zero attached hydrogens (tertiary/aromatic N) is 2. The van der Waals surface area contributed by atoms with Gasteiger partial charge in [0.05, 0.1) is 37.2 Å².